The first-order valence-electron chi connectivity index (χ1n) is 9.05. The third-order valence-electron chi connectivity index (χ3n) is 5.37. The lowest BCUT2D eigenvalue weighted by Gasteiger charge is -2.31. The Kier molecular flexibility index (Phi) is 4.14. The molecule has 1 fully saturated rings. The molecule has 7 nitrogen and oxygen atoms in total. The lowest BCUT2D eigenvalue weighted by molar-refractivity contribution is 0.0955. The van der Waals surface area contributed by atoms with E-state index in [4.69, 9.17) is 16.8 Å². The van der Waals surface area contributed by atoms with Crippen molar-refractivity contribution in [3.05, 3.63) is 23.0 Å². The summed E-state index contributed by atoms with van der Waals surface area (Å²) in [6.45, 7) is 4.18. The van der Waals surface area contributed by atoms with E-state index in [1.54, 1.807) is 7.05 Å². The molecule has 0 spiro atoms. The van der Waals surface area contributed by atoms with E-state index in [0.29, 0.717) is 23.4 Å². The molecule has 1 saturated carbocycles. The molecule has 138 valence electrons. The average molecular weight is 375 g/mol. The van der Waals surface area contributed by atoms with Crippen molar-refractivity contribution in [3.63, 3.8) is 0 Å². The van der Waals surface area contributed by atoms with Gasteiger partial charge in [0, 0.05) is 36.6 Å². The number of halogens is 1. The minimum atomic E-state index is -0.291. The lowest BCUT2D eigenvalue weighted by Crippen LogP contribution is -2.30. The van der Waals surface area contributed by atoms with E-state index in [0.717, 1.165) is 36.1 Å². The van der Waals surface area contributed by atoms with Gasteiger partial charge in [-0.2, -0.15) is 9.30 Å². The number of amides is 1. The van der Waals surface area contributed by atoms with E-state index in [2.05, 4.69) is 34.6 Å². The highest BCUT2D eigenvalue weighted by molar-refractivity contribution is 6.17. The highest BCUT2D eigenvalue weighted by Gasteiger charge is 2.40. The van der Waals surface area contributed by atoms with Crippen LogP contribution < -0.4 is 10.6 Å². The highest BCUT2D eigenvalue weighted by Crippen LogP contribution is 2.44. The number of rotatable bonds is 3. The first kappa shape index (κ1) is 17.3. The molecule has 0 radical (unpaired) electrons. The van der Waals surface area contributed by atoms with Gasteiger partial charge >= 0.3 is 0 Å². The van der Waals surface area contributed by atoms with Gasteiger partial charge in [-0.15, -0.1) is 0 Å². The number of nitrogens with zero attached hydrogens (tertiary/aromatic N) is 4. The Balaban J connectivity index is 1.82. The maximum atomic E-state index is 12.3. The summed E-state index contributed by atoms with van der Waals surface area (Å²) < 4.78 is 1.26. The van der Waals surface area contributed by atoms with Crippen LogP contribution in [0.5, 0.6) is 0 Å². The van der Waals surface area contributed by atoms with Gasteiger partial charge in [0.25, 0.3) is 5.91 Å². The summed E-state index contributed by atoms with van der Waals surface area (Å²) in [6, 6.07) is 0.426. The Morgan fingerprint density at radius 1 is 1.35 bits per heavy atom. The van der Waals surface area contributed by atoms with Gasteiger partial charge < -0.3 is 10.6 Å². The van der Waals surface area contributed by atoms with Crippen LogP contribution in [0.4, 0.5) is 5.95 Å². The zero-order chi connectivity index (χ0) is 18.5. The summed E-state index contributed by atoms with van der Waals surface area (Å²) in [7, 11) is 1.59. The largest absolute Gasteiger partial charge is 0.354 e. The van der Waals surface area contributed by atoms with E-state index < -0.39 is 0 Å². The molecule has 0 bridgehead atoms. The molecule has 2 N–H and O–H groups in total. The summed E-state index contributed by atoms with van der Waals surface area (Å²) in [4.78, 5) is 21.6. The maximum Gasteiger partial charge on any atom is 0.271 e. The van der Waals surface area contributed by atoms with Gasteiger partial charge in [-0.1, -0.05) is 26.7 Å². The van der Waals surface area contributed by atoms with Gasteiger partial charge in [0.1, 0.15) is 5.69 Å². The summed E-state index contributed by atoms with van der Waals surface area (Å²) in [5.74, 6) is 0.371. The van der Waals surface area contributed by atoms with Crippen LogP contribution >= 0.6 is 11.8 Å². The summed E-state index contributed by atoms with van der Waals surface area (Å²) in [5.41, 5.74) is 3.37. The van der Waals surface area contributed by atoms with Gasteiger partial charge in [-0.05, 0) is 30.2 Å². The number of nitrogens with one attached hydrogen (secondary N) is 2. The van der Waals surface area contributed by atoms with Crippen molar-refractivity contribution < 1.29 is 4.79 Å². The number of carbonyl (C=O) groups is 1. The molecular weight excluding hydrogens is 352 g/mol. The summed E-state index contributed by atoms with van der Waals surface area (Å²) >= 11 is 6.39. The predicted molar refractivity (Wildman–Crippen MR) is 101 cm³/mol. The van der Waals surface area contributed by atoms with Crippen LogP contribution in [0.1, 0.15) is 61.1 Å². The van der Waals surface area contributed by atoms with Crippen LogP contribution in [0.2, 0.25) is 0 Å². The van der Waals surface area contributed by atoms with Crippen molar-refractivity contribution in [1.29, 1.82) is 0 Å². The number of fused-ring (bicyclic) bond motifs is 3. The van der Waals surface area contributed by atoms with Crippen LogP contribution in [0.25, 0.3) is 11.4 Å². The van der Waals surface area contributed by atoms with Crippen molar-refractivity contribution in [2.75, 3.05) is 12.4 Å². The van der Waals surface area contributed by atoms with Crippen LogP contribution in [0.3, 0.4) is 0 Å². The number of aromatic nitrogens is 4. The zero-order valence-electron chi connectivity index (χ0n) is 15.3. The number of carbonyl (C=O) groups excluding carboxylic acids is 1. The van der Waals surface area contributed by atoms with E-state index in [1.165, 1.54) is 17.0 Å². The van der Waals surface area contributed by atoms with E-state index in [-0.39, 0.29) is 11.3 Å². The quantitative estimate of drug-likeness (QED) is 0.862. The fourth-order valence-corrected chi connectivity index (χ4v) is 4.38. The molecule has 2 heterocycles. The maximum absolute atomic E-state index is 12.3. The third-order valence-corrected chi connectivity index (χ3v) is 5.62. The Hall–Kier alpha value is -2.15. The predicted octanol–water partition coefficient (Wildman–Crippen LogP) is 2.89. The molecule has 2 aliphatic carbocycles. The van der Waals surface area contributed by atoms with Crippen molar-refractivity contribution in [2.45, 2.75) is 57.4 Å². The number of hydrogen-bond donors (Lipinski definition) is 2. The minimum Gasteiger partial charge on any atom is -0.354 e. The van der Waals surface area contributed by atoms with E-state index in [1.807, 2.05) is 6.20 Å². The monoisotopic (exact) mass is 374 g/mol. The second-order valence-electron chi connectivity index (χ2n) is 7.77. The summed E-state index contributed by atoms with van der Waals surface area (Å²) in [6.07, 6.45) is 7.37. The van der Waals surface area contributed by atoms with E-state index in [9.17, 15) is 4.79 Å². The lowest BCUT2D eigenvalue weighted by atomic mass is 9.73. The molecule has 4 rings (SSSR count). The number of anilines is 1. The fourth-order valence-electron chi connectivity index (χ4n) is 4.14. The van der Waals surface area contributed by atoms with Crippen molar-refractivity contribution >= 4 is 23.6 Å². The minimum absolute atomic E-state index is 0.240. The van der Waals surface area contributed by atoms with Gasteiger partial charge in [-0.25, -0.2) is 9.97 Å². The van der Waals surface area contributed by atoms with Crippen LogP contribution in [0, 0.1) is 0 Å². The van der Waals surface area contributed by atoms with E-state index >= 15 is 0 Å². The first-order valence-corrected chi connectivity index (χ1v) is 9.39. The third kappa shape index (κ3) is 2.74. The highest BCUT2D eigenvalue weighted by atomic mass is 35.5. The molecule has 26 heavy (non-hydrogen) atoms. The Morgan fingerprint density at radius 3 is 2.77 bits per heavy atom. The molecule has 2 aromatic rings. The van der Waals surface area contributed by atoms with Crippen LogP contribution in [0.15, 0.2) is 6.20 Å². The molecular formula is C18H23ClN6O. The molecule has 0 saturated heterocycles. The molecule has 2 aromatic heterocycles. The first-order chi connectivity index (χ1) is 12.4. The van der Waals surface area contributed by atoms with Gasteiger partial charge in [0.05, 0.1) is 5.69 Å². The smallest absolute Gasteiger partial charge is 0.271 e. The molecule has 0 aromatic carbocycles. The van der Waals surface area contributed by atoms with Gasteiger partial charge in [0.2, 0.25) is 5.95 Å². The normalized spacial score (nSPS) is 18.3. The Labute approximate surface area is 157 Å². The molecule has 8 heteroatoms. The average Bonchev–Trinajstić information content (AvgIpc) is 3.23. The summed E-state index contributed by atoms with van der Waals surface area (Å²) in [5, 5.41) is 10.4. The second-order valence-corrected chi connectivity index (χ2v) is 8.09. The topological polar surface area (TPSA) is 84.7 Å². The van der Waals surface area contributed by atoms with Gasteiger partial charge in [-0.3, -0.25) is 4.79 Å². The van der Waals surface area contributed by atoms with Crippen molar-refractivity contribution in [2.24, 2.45) is 0 Å². The molecule has 1 amide bonds. The molecule has 0 unspecified atom stereocenters. The van der Waals surface area contributed by atoms with Crippen LogP contribution in [-0.2, 0) is 11.8 Å². The Bertz CT molecular complexity index is 869. The van der Waals surface area contributed by atoms with Crippen molar-refractivity contribution in [1.82, 2.24) is 24.6 Å². The Morgan fingerprint density at radius 2 is 2.08 bits per heavy atom. The zero-order valence-corrected chi connectivity index (χ0v) is 16.0. The standard InChI is InChI=1S/C18H23ClN6O/c1-18(2)8-10-9-21-17(22-11-6-4-5-7-11)23-13(10)15-12(18)14(16(26)20-3)24-25(15)19/h9,11H,4-8H2,1-3H3,(H,20,26)(H,21,22,23). The molecule has 2 aliphatic rings. The van der Waals surface area contributed by atoms with Gasteiger partial charge in [0.15, 0.2) is 5.69 Å². The molecule has 0 aliphatic heterocycles. The van der Waals surface area contributed by atoms with Crippen LogP contribution in [-0.4, -0.2) is 38.3 Å². The SMILES string of the molecule is CNC(=O)c1nn(Cl)c2c1C(C)(C)Cc1cnc(NC3CCCC3)nc1-2. The second kappa shape index (κ2) is 6.23. The molecule has 0 atom stereocenters. The number of hydrogen-bond acceptors (Lipinski definition) is 5. The van der Waals surface area contributed by atoms with Crippen molar-refractivity contribution in [3.8, 4) is 11.4 Å². The fraction of sp³-hybridized carbons (Fsp3) is 0.556.